The van der Waals surface area contributed by atoms with Crippen LogP contribution in [0.3, 0.4) is 0 Å². The molecule has 2 heteroatoms. The van der Waals surface area contributed by atoms with Crippen molar-refractivity contribution in [1.29, 1.82) is 0 Å². The first kappa shape index (κ1) is 16.0. The molecule has 0 saturated heterocycles. The van der Waals surface area contributed by atoms with E-state index in [2.05, 4.69) is 82.1 Å². The maximum Gasteiger partial charge on any atom is 0.159 e. The fraction of sp³-hybridized carbons (Fsp3) is 0.304. The molecule has 4 rings (SSSR count). The summed E-state index contributed by atoms with van der Waals surface area (Å²) in [5, 5.41) is 0. The van der Waals surface area contributed by atoms with Gasteiger partial charge in [-0.1, -0.05) is 77.1 Å². The SMILES string of the molecule is CC(C)(C)c1ccnc(-c2cccc3c2C(C)(C)c2ccccc2-3)n1. The van der Waals surface area contributed by atoms with Crippen molar-refractivity contribution in [2.75, 3.05) is 0 Å². The Morgan fingerprint density at radius 2 is 1.48 bits per heavy atom. The van der Waals surface area contributed by atoms with E-state index in [1.165, 1.54) is 22.3 Å². The molecule has 0 saturated carbocycles. The van der Waals surface area contributed by atoms with E-state index in [1.807, 2.05) is 12.3 Å². The summed E-state index contributed by atoms with van der Waals surface area (Å²) in [6.07, 6.45) is 1.89. The third kappa shape index (κ3) is 2.39. The molecular weight excluding hydrogens is 304 g/mol. The fourth-order valence-corrected chi connectivity index (χ4v) is 3.94. The van der Waals surface area contributed by atoms with Crippen molar-refractivity contribution in [3.05, 3.63) is 71.5 Å². The highest BCUT2D eigenvalue weighted by atomic mass is 14.9. The number of hydrogen-bond acceptors (Lipinski definition) is 2. The molecular formula is C23H24N2. The van der Waals surface area contributed by atoms with Gasteiger partial charge in [0.2, 0.25) is 0 Å². The molecule has 3 aromatic rings. The quantitative estimate of drug-likeness (QED) is 0.568. The Kier molecular flexibility index (Phi) is 3.37. The fourth-order valence-electron chi connectivity index (χ4n) is 3.94. The maximum absolute atomic E-state index is 4.91. The molecule has 0 N–H and O–H groups in total. The van der Waals surface area contributed by atoms with E-state index >= 15 is 0 Å². The highest BCUT2D eigenvalue weighted by Crippen LogP contribution is 2.51. The highest BCUT2D eigenvalue weighted by Gasteiger charge is 2.37. The molecule has 0 spiro atoms. The monoisotopic (exact) mass is 328 g/mol. The summed E-state index contributed by atoms with van der Waals surface area (Å²) in [5.74, 6) is 0.824. The summed E-state index contributed by atoms with van der Waals surface area (Å²) in [4.78, 5) is 9.53. The van der Waals surface area contributed by atoms with Crippen molar-refractivity contribution in [3.63, 3.8) is 0 Å². The number of aromatic nitrogens is 2. The predicted molar refractivity (Wildman–Crippen MR) is 104 cm³/mol. The summed E-state index contributed by atoms with van der Waals surface area (Å²) >= 11 is 0. The molecule has 0 amide bonds. The maximum atomic E-state index is 4.91. The third-order valence-electron chi connectivity index (χ3n) is 5.24. The first-order valence-corrected chi connectivity index (χ1v) is 8.87. The first-order valence-electron chi connectivity index (χ1n) is 8.87. The van der Waals surface area contributed by atoms with Gasteiger partial charge < -0.3 is 0 Å². The van der Waals surface area contributed by atoms with Crippen LogP contribution in [0.15, 0.2) is 54.7 Å². The van der Waals surface area contributed by atoms with Gasteiger partial charge in [0.15, 0.2) is 5.82 Å². The summed E-state index contributed by atoms with van der Waals surface area (Å²) < 4.78 is 0. The van der Waals surface area contributed by atoms with Crippen molar-refractivity contribution in [2.24, 2.45) is 0 Å². The average Bonchev–Trinajstić information content (AvgIpc) is 2.83. The molecule has 2 aromatic carbocycles. The molecule has 0 radical (unpaired) electrons. The van der Waals surface area contributed by atoms with Crippen molar-refractivity contribution in [3.8, 4) is 22.5 Å². The van der Waals surface area contributed by atoms with Gasteiger partial charge >= 0.3 is 0 Å². The number of benzene rings is 2. The van der Waals surface area contributed by atoms with Crippen molar-refractivity contribution in [2.45, 2.75) is 45.4 Å². The van der Waals surface area contributed by atoms with E-state index in [-0.39, 0.29) is 10.8 Å². The van der Waals surface area contributed by atoms with Crippen LogP contribution >= 0.6 is 0 Å². The molecule has 126 valence electrons. The van der Waals surface area contributed by atoms with E-state index in [1.54, 1.807) is 0 Å². The lowest BCUT2D eigenvalue weighted by Crippen LogP contribution is -2.18. The molecule has 1 aliphatic rings. The molecule has 0 aliphatic heterocycles. The Balaban J connectivity index is 1.97. The minimum Gasteiger partial charge on any atom is -0.237 e. The van der Waals surface area contributed by atoms with Crippen LogP contribution in [0.25, 0.3) is 22.5 Å². The third-order valence-corrected chi connectivity index (χ3v) is 5.24. The predicted octanol–water partition coefficient (Wildman–Crippen LogP) is 5.75. The normalized spacial score (nSPS) is 14.9. The molecule has 1 heterocycles. The van der Waals surface area contributed by atoms with E-state index in [4.69, 9.17) is 4.98 Å². The van der Waals surface area contributed by atoms with Gasteiger partial charge in [-0.25, -0.2) is 9.97 Å². The Hall–Kier alpha value is -2.48. The van der Waals surface area contributed by atoms with Gasteiger partial charge in [0.05, 0.1) is 0 Å². The van der Waals surface area contributed by atoms with Gasteiger partial charge in [-0.2, -0.15) is 0 Å². The molecule has 0 unspecified atom stereocenters. The Morgan fingerprint density at radius 3 is 2.24 bits per heavy atom. The van der Waals surface area contributed by atoms with E-state index < -0.39 is 0 Å². The lowest BCUT2D eigenvalue weighted by molar-refractivity contribution is 0.567. The van der Waals surface area contributed by atoms with Crippen LogP contribution in [0.2, 0.25) is 0 Å². The van der Waals surface area contributed by atoms with Crippen LogP contribution in [0.1, 0.15) is 51.4 Å². The molecule has 0 atom stereocenters. The Labute approximate surface area is 150 Å². The second-order valence-corrected chi connectivity index (χ2v) is 8.41. The van der Waals surface area contributed by atoms with Crippen LogP contribution in [0, 0.1) is 0 Å². The molecule has 0 fully saturated rings. The molecule has 25 heavy (non-hydrogen) atoms. The van der Waals surface area contributed by atoms with Crippen molar-refractivity contribution in [1.82, 2.24) is 9.97 Å². The zero-order chi connectivity index (χ0) is 17.8. The van der Waals surface area contributed by atoms with Gasteiger partial charge in [0.25, 0.3) is 0 Å². The average molecular weight is 328 g/mol. The van der Waals surface area contributed by atoms with E-state index in [0.717, 1.165) is 17.1 Å². The Morgan fingerprint density at radius 1 is 0.800 bits per heavy atom. The summed E-state index contributed by atoms with van der Waals surface area (Å²) in [5.41, 5.74) is 7.52. The minimum atomic E-state index is -0.0520. The lowest BCUT2D eigenvalue weighted by Gasteiger charge is -2.24. The Bertz CT molecular complexity index is 962. The number of fused-ring (bicyclic) bond motifs is 3. The van der Waals surface area contributed by atoms with Gasteiger partial charge in [-0.15, -0.1) is 0 Å². The van der Waals surface area contributed by atoms with E-state index in [9.17, 15) is 0 Å². The smallest absolute Gasteiger partial charge is 0.159 e. The molecule has 1 aliphatic carbocycles. The number of hydrogen-bond donors (Lipinski definition) is 0. The first-order chi connectivity index (χ1) is 11.8. The van der Waals surface area contributed by atoms with E-state index in [0.29, 0.717) is 0 Å². The standard InChI is InChI=1S/C23H24N2/c1-22(2,3)19-13-14-24-21(25-19)17-11-8-10-16-15-9-6-7-12-18(15)23(4,5)20(16)17/h6-14H,1-5H3. The largest absolute Gasteiger partial charge is 0.237 e. The van der Waals surface area contributed by atoms with Crippen LogP contribution in [0.4, 0.5) is 0 Å². The van der Waals surface area contributed by atoms with Crippen molar-refractivity contribution >= 4 is 0 Å². The highest BCUT2D eigenvalue weighted by molar-refractivity contribution is 5.86. The van der Waals surface area contributed by atoms with Crippen molar-refractivity contribution < 1.29 is 0 Å². The topological polar surface area (TPSA) is 25.8 Å². The molecule has 2 nitrogen and oxygen atoms in total. The van der Waals surface area contributed by atoms with Crippen LogP contribution < -0.4 is 0 Å². The van der Waals surface area contributed by atoms with Gasteiger partial charge in [0.1, 0.15) is 0 Å². The number of rotatable bonds is 1. The molecule has 1 aromatic heterocycles. The minimum absolute atomic E-state index is 0.00806. The van der Waals surface area contributed by atoms with Gasteiger partial charge in [-0.3, -0.25) is 0 Å². The molecule has 0 bridgehead atoms. The zero-order valence-electron chi connectivity index (χ0n) is 15.6. The van der Waals surface area contributed by atoms with Crippen LogP contribution in [0.5, 0.6) is 0 Å². The lowest BCUT2D eigenvalue weighted by atomic mass is 9.80. The van der Waals surface area contributed by atoms with Gasteiger partial charge in [0, 0.05) is 28.3 Å². The summed E-state index contributed by atoms with van der Waals surface area (Å²) in [7, 11) is 0. The second-order valence-electron chi connectivity index (χ2n) is 8.41. The summed E-state index contributed by atoms with van der Waals surface area (Å²) in [6.45, 7) is 11.2. The number of nitrogens with zero attached hydrogens (tertiary/aromatic N) is 2. The zero-order valence-corrected chi connectivity index (χ0v) is 15.6. The van der Waals surface area contributed by atoms with Gasteiger partial charge in [-0.05, 0) is 28.3 Å². The van der Waals surface area contributed by atoms with Crippen LogP contribution in [-0.2, 0) is 10.8 Å². The summed E-state index contributed by atoms with van der Waals surface area (Å²) in [6, 6.07) is 17.2. The second kappa shape index (κ2) is 5.26. The van der Waals surface area contributed by atoms with Crippen LogP contribution in [-0.4, -0.2) is 9.97 Å².